The molecular weight excluding hydrogens is 458 g/mol. The molecule has 2 unspecified atom stereocenters. The van der Waals surface area contributed by atoms with E-state index in [1.54, 1.807) is 26.8 Å². The summed E-state index contributed by atoms with van der Waals surface area (Å²) in [6, 6.07) is 4.53. The number of hydrogen-bond donors (Lipinski definition) is 1. The predicted octanol–water partition coefficient (Wildman–Crippen LogP) is 3.71. The van der Waals surface area contributed by atoms with Gasteiger partial charge in [0, 0.05) is 25.7 Å². The second-order valence-corrected chi connectivity index (χ2v) is 8.47. The summed E-state index contributed by atoms with van der Waals surface area (Å²) >= 11 is 0. The van der Waals surface area contributed by atoms with Gasteiger partial charge in [0.25, 0.3) is 0 Å². The summed E-state index contributed by atoms with van der Waals surface area (Å²) in [4.78, 5) is 48.2. The van der Waals surface area contributed by atoms with Crippen molar-refractivity contribution in [2.75, 3.05) is 13.7 Å². The van der Waals surface area contributed by atoms with Crippen molar-refractivity contribution < 1.29 is 42.9 Å². The molecule has 0 amide bonds. The van der Waals surface area contributed by atoms with Gasteiger partial charge >= 0.3 is 24.1 Å². The summed E-state index contributed by atoms with van der Waals surface area (Å²) < 4.78 is 25.8. The lowest BCUT2D eigenvalue weighted by Gasteiger charge is -2.29. The van der Waals surface area contributed by atoms with Crippen LogP contribution in [0.25, 0.3) is 0 Å². The largest absolute Gasteiger partial charge is 0.508 e. The van der Waals surface area contributed by atoms with E-state index in [9.17, 15) is 19.2 Å². The molecule has 0 fully saturated rings. The molecule has 0 bridgehead atoms. The first kappa shape index (κ1) is 29.9. The van der Waals surface area contributed by atoms with E-state index in [1.165, 1.54) is 19.2 Å². The van der Waals surface area contributed by atoms with Crippen molar-refractivity contribution in [2.45, 2.75) is 78.4 Å². The Morgan fingerprint density at radius 3 is 2.11 bits per heavy atom. The number of benzene rings is 1. The van der Waals surface area contributed by atoms with Gasteiger partial charge in [0.1, 0.15) is 11.6 Å². The van der Waals surface area contributed by atoms with E-state index in [2.05, 4.69) is 0 Å². The maximum atomic E-state index is 12.6. The molecule has 0 saturated carbocycles. The third-order valence-electron chi connectivity index (χ3n) is 5.28. The Morgan fingerprint density at radius 1 is 0.971 bits per heavy atom. The van der Waals surface area contributed by atoms with Gasteiger partial charge in [0.05, 0.1) is 13.7 Å². The fraction of sp³-hybridized carbons (Fsp3) is 0.600. The highest BCUT2D eigenvalue weighted by atomic mass is 16.7. The molecule has 10 heteroatoms. The predicted molar refractivity (Wildman–Crippen MR) is 127 cm³/mol. The van der Waals surface area contributed by atoms with E-state index in [1.807, 2.05) is 13.8 Å². The molecule has 0 aromatic heterocycles. The number of methoxy groups -OCH3 is 1. The highest BCUT2D eigenvalue weighted by molar-refractivity contribution is 5.81. The van der Waals surface area contributed by atoms with Gasteiger partial charge in [0.2, 0.25) is 0 Å². The van der Waals surface area contributed by atoms with Crippen molar-refractivity contribution in [3.63, 3.8) is 0 Å². The standard InChI is InChI=1S/C25H37NO9/c1-7-16(4)15-32-24(30)33-17(5)13-25(26,23(29)31-6)14-18-10-11-19(34-21(27)8-2)20(12-18)35-22(28)9-3/h10-12,16-17H,7-9,13-15,26H2,1-6H3/t16?,17-,25?/m0/s1. The van der Waals surface area contributed by atoms with Crippen molar-refractivity contribution in [3.05, 3.63) is 23.8 Å². The van der Waals surface area contributed by atoms with Gasteiger partial charge in [-0.1, -0.05) is 40.2 Å². The number of ether oxygens (including phenoxy) is 5. The summed E-state index contributed by atoms with van der Waals surface area (Å²) in [7, 11) is 1.21. The molecule has 10 nitrogen and oxygen atoms in total. The molecule has 0 aliphatic carbocycles. The van der Waals surface area contributed by atoms with Gasteiger partial charge in [-0.25, -0.2) is 4.79 Å². The lowest BCUT2D eigenvalue weighted by atomic mass is 9.86. The van der Waals surface area contributed by atoms with Crippen molar-refractivity contribution in [1.82, 2.24) is 0 Å². The number of esters is 3. The molecule has 196 valence electrons. The molecule has 0 radical (unpaired) electrons. The summed E-state index contributed by atoms with van der Waals surface area (Å²) in [5.74, 6) is -1.45. The van der Waals surface area contributed by atoms with Crippen molar-refractivity contribution in [2.24, 2.45) is 11.7 Å². The van der Waals surface area contributed by atoms with Crippen molar-refractivity contribution in [1.29, 1.82) is 0 Å². The normalized spacial score (nSPS) is 14.1. The lowest BCUT2D eigenvalue weighted by molar-refractivity contribution is -0.148. The van der Waals surface area contributed by atoms with E-state index >= 15 is 0 Å². The van der Waals surface area contributed by atoms with Gasteiger partial charge in [-0.15, -0.1) is 0 Å². The number of rotatable bonds is 13. The average Bonchev–Trinajstić information content (AvgIpc) is 2.82. The maximum Gasteiger partial charge on any atom is 0.508 e. The van der Waals surface area contributed by atoms with Crippen LogP contribution in [0.5, 0.6) is 11.5 Å². The van der Waals surface area contributed by atoms with Gasteiger partial charge in [-0.2, -0.15) is 0 Å². The van der Waals surface area contributed by atoms with Gasteiger partial charge in [0.15, 0.2) is 11.5 Å². The first-order valence-corrected chi connectivity index (χ1v) is 11.7. The fourth-order valence-electron chi connectivity index (χ4n) is 3.09. The summed E-state index contributed by atoms with van der Waals surface area (Å²) in [6.07, 6.45) is -0.608. The summed E-state index contributed by atoms with van der Waals surface area (Å²) in [5.41, 5.74) is 5.37. The second-order valence-electron chi connectivity index (χ2n) is 8.47. The van der Waals surface area contributed by atoms with Crippen LogP contribution < -0.4 is 15.2 Å². The van der Waals surface area contributed by atoms with E-state index in [0.29, 0.717) is 5.56 Å². The quantitative estimate of drug-likeness (QED) is 0.318. The highest BCUT2D eigenvalue weighted by Gasteiger charge is 2.38. The molecule has 1 rings (SSSR count). The number of carbonyl (C=O) groups is 4. The third-order valence-corrected chi connectivity index (χ3v) is 5.28. The molecule has 1 aromatic rings. The Balaban J connectivity index is 3.09. The zero-order valence-electron chi connectivity index (χ0n) is 21.4. The summed E-state index contributed by atoms with van der Waals surface area (Å²) in [6.45, 7) is 9.01. The van der Waals surface area contributed by atoms with Crippen LogP contribution in [-0.4, -0.2) is 49.4 Å². The number of nitrogens with two attached hydrogens (primary N) is 1. The molecule has 35 heavy (non-hydrogen) atoms. The minimum Gasteiger partial charge on any atom is -0.468 e. The Labute approximate surface area is 206 Å². The average molecular weight is 496 g/mol. The minimum absolute atomic E-state index is 0.0290. The zero-order chi connectivity index (χ0) is 26.6. The van der Waals surface area contributed by atoms with E-state index in [-0.39, 0.29) is 49.7 Å². The van der Waals surface area contributed by atoms with Crippen LogP contribution >= 0.6 is 0 Å². The van der Waals surface area contributed by atoms with Crippen LogP contribution in [0.2, 0.25) is 0 Å². The molecule has 0 spiro atoms. The second kappa shape index (κ2) is 14.3. The number of hydrogen-bond acceptors (Lipinski definition) is 10. The van der Waals surface area contributed by atoms with Crippen LogP contribution in [0.3, 0.4) is 0 Å². The highest BCUT2D eigenvalue weighted by Crippen LogP contribution is 2.31. The molecule has 1 aromatic carbocycles. The molecule has 0 aliphatic heterocycles. The molecule has 2 N–H and O–H groups in total. The monoisotopic (exact) mass is 495 g/mol. The van der Waals surface area contributed by atoms with Gasteiger partial charge < -0.3 is 29.4 Å². The molecular formula is C25H37NO9. The topological polar surface area (TPSA) is 140 Å². The third kappa shape index (κ3) is 9.94. The van der Waals surface area contributed by atoms with E-state index in [4.69, 9.17) is 29.4 Å². The van der Waals surface area contributed by atoms with Gasteiger partial charge in [-0.05, 0) is 30.5 Å². The molecule has 0 saturated heterocycles. The van der Waals surface area contributed by atoms with Crippen molar-refractivity contribution >= 4 is 24.1 Å². The fourth-order valence-corrected chi connectivity index (χ4v) is 3.09. The molecule has 3 atom stereocenters. The first-order valence-electron chi connectivity index (χ1n) is 11.7. The Bertz CT molecular complexity index is 886. The molecule has 0 aliphatic rings. The van der Waals surface area contributed by atoms with E-state index < -0.39 is 35.7 Å². The Hall–Kier alpha value is -3.14. The Kier molecular flexibility index (Phi) is 12.2. The van der Waals surface area contributed by atoms with Crippen LogP contribution in [0.15, 0.2) is 18.2 Å². The zero-order valence-corrected chi connectivity index (χ0v) is 21.4. The van der Waals surface area contributed by atoms with Gasteiger partial charge in [-0.3, -0.25) is 14.4 Å². The lowest BCUT2D eigenvalue weighted by Crippen LogP contribution is -2.53. The summed E-state index contributed by atoms with van der Waals surface area (Å²) in [5, 5.41) is 0. The van der Waals surface area contributed by atoms with Crippen LogP contribution in [-0.2, 0) is 35.0 Å². The van der Waals surface area contributed by atoms with Crippen LogP contribution in [0, 0.1) is 5.92 Å². The van der Waals surface area contributed by atoms with Crippen LogP contribution in [0.4, 0.5) is 4.79 Å². The molecule has 0 heterocycles. The van der Waals surface area contributed by atoms with Crippen molar-refractivity contribution in [3.8, 4) is 11.5 Å². The van der Waals surface area contributed by atoms with E-state index in [0.717, 1.165) is 6.42 Å². The Morgan fingerprint density at radius 2 is 1.57 bits per heavy atom. The maximum absolute atomic E-state index is 12.6. The first-order chi connectivity index (χ1) is 16.5. The SMILES string of the molecule is CCC(=O)Oc1ccc(CC(N)(C[C@H](C)OC(=O)OCC(C)CC)C(=O)OC)cc1OC(=O)CC. The number of carbonyl (C=O) groups excluding carboxylic acids is 4. The minimum atomic E-state index is -1.57. The smallest absolute Gasteiger partial charge is 0.468 e. The van der Waals surface area contributed by atoms with Crippen LogP contribution in [0.1, 0.15) is 65.9 Å².